The molecule has 0 saturated carbocycles. The van der Waals surface area contributed by atoms with Gasteiger partial charge in [-0.1, -0.05) is 49.7 Å². The summed E-state index contributed by atoms with van der Waals surface area (Å²) >= 11 is 6.24. The Morgan fingerprint density at radius 1 is 1.31 bits per heavy atom. The zero-order valence-corrected chi connectivity index (χ0v) is 21.5. The number of nitrogens with zero attached hydrogens (tertiary/aromatic N) is 4. The number of hydrazone groups is 1. The zero-order valence-electron chi connectivity index (χ0n) is 20.8. The monoisotopic (exact) mass is 512 g/mol. The molecule has 10 heteroatoms. The number of hydrogen-bond acceptors (Lipinski definition) is 7. The van der Waals surface area contributed by atoms with Crippen LogP contribution in [0.1, 0.15) is 45.2 Å². The first-order valence-corrected chi connectivity index (χ1v) is 12.3. The van der Waals surface area contributed by atoms with Crippen LogP contribution >= 0.6 is 11.6 Å². The number of pyridine rings is 1. The highest BCUT2D eigenvalue weighted by molar-refractivity contribution is 6.33. The van der Waals surface area contributed by atoms with Gasteiger partial charge in [0.1, 0.15) is 12.1 Å². The number of aromatic nitrogens is 1. The van der Waals surface area contributed by atoms with Crippen LogP contribution < -0.4 is 11.2 Å². The molecule has 0 radical (unpaired) electrons. The Bertz CT molecular complexity index is 1120. The number of aliphatic imine (C=N–C) groups is 1. The Kier molecular flexibility index (Phi) is 9.55. The number of benzene rings is 1. The van der Waals surface area contributed by atoms with Crippen LogP contribution in [0.15, 0.2) is 52.7 Å². The lowest BCUT2D eigenvalue weighted by Crippen LogP contribution is -2.50. The van der Waals surface area contributed by atoms with Gasteiger partial charge in [0.25, 0.3) is 0 Å². The van der Waals surface area contributed by atoms with E-state index in [-0.39, 0.29) is 24.3 Å². The van der Waals surface area contributed by atoms with Crippen LogP contribution in [0.2, 0.25) is 5.02 Å². The van der Waals surface area contributed by atoms with E-state index in [1.54, 1.807) is 30.2 Å². The van der Waals surface area contributed by atoms with Gasteiger partial charge in [0.05, 0.1) is 29.1 Å². The maximum absolute atomic E-state index is 13.3. The van der Waals surface area contributed by atoms with Crippen molar-refractivity contribution in [2.75, 3.05) is 13.2 Å². The molecule has 1 saturated heterocycles. The molecule has 36 heavy (non-hydrogen) atoms. The Morgan fingerprint density at radius 3 is 2.64 bits per heavy atom. The largest absolute Gasteiger partial charge is 0.394 e. The predicted octanol–water partition coefficient (Wildman–Crippen LogP) is 2.97. The van der Waals surface area contributed by atoms with Gasteiger partial charge in [0, 0.05) is 24.5 Å². The van der Waals surface area contributed by atoms with E-state index in [0.29, 0.717) is 35.8 Å². The van der Waals surface area contributed by atoms with Crippen molar-refractivity contribution in [2.24, 2.45) is 21.9 Å². The summed E-state index contributed by atoms with van der Waals surface area (Å²) in [5.41, 5.74) is 2.73. The molecule has 0 aliphatic carbocycles. The molecule has 1 aliphatic rings. The van der Waals surface area contributed by atoms with E-state index in [4.69, 9.17) is 17.4 Å². The molecular weight excluding hydrogens is 480 g/mol. The van der Waals surface area contributed by atoms with Gasteiger partial charge in [-0.05, 0) is 43.4 Å². The maximum Gasteiger partial charge on any atom is 0.248 e. The highest BCUT2D eigenvalue weighted by Gasteiger charge is 2.38. The highest BCUT2D eigenvalue weighted by atomic mass is 35.5. The van der Waals surface area contributed by atoms with Gasteiger partial charge in [-0.2, -0.15) is 5.10 Å². The summed E-state index contributed by atoms with van der Waals surface area (Å²) in [6.07, 6.45) is 4.41. The summed E-state index contributed by atoms with van der Waals surface area (Å²) in [6, 6.07) is 8.99. The van der Waals surface area contributed by atoms with Crippen molar-refractivity contribution in [3.05, 3.63) is 53.2 Å². The lowest BCUT2D eigenvalue weighted by atomic mass is 10.0. The van der Waals surface area contributed by atoms with Gasteiger partial charge in [-0.15, -0.1) is 0 Å². The Morgan fingerprint density at radius 2 is 2.03 bits per heavy atom. The van der Waals surface area contributed by atoms with Crippen molar-refractivity contribution < 1.29 is 14.7 Å². The molecule has 1 aromatic carbocycles. The molecule has 1 fully saturated rings. The molecule has 9 nitrogen and oxygen atoms in total. The molecule has 4 N–H and O–H groups in total. The normalized spacial score (nSPS) is 18.0. The van der Waals surface area contributed by atoms with Crippen LogP contribution in [-0.2, 0) is 9.59 Å². The van der Waals surface area contributed by atoms with E-state index in [1.807, 2.05) is 38.1 Å². The van der Waals surface area contributed by atoms with E-state index in [9.17, 15) is 14.7 Å². The van der Waals surface area contributed by atoms with Crippen molar-refractivity contribution in [3.8, 4) is 11.3 Å². The average Bonchev–Trinajstić information content (AvgIpc) is 3.37. The van der Waals surface area contributed by atoms with E-state index in [2.05, 4.69) is 20.4 Å². The van der Waals surface area contributed by atoms with Crippen LogP contribution in [0.25, 0.3) is 11.3 Å². The summed E-state index contributed by atoms with van der Waals surface area (Å²) in [7, 11) is 0. The second-order valence-electron chi connectivity index (χ2n) is 9.13. The number of rotatable bonds is 9. The van der Waals surface area contributed by atoms with E-state index in [0.717, 1.165) is 11.1 Å². The lowest BCUT2D eigenvalue weighted by molar-refractivity contribution is -0.140. The van der Waals surface area contributed by atoms with Gasteiger partial charge in [0.2, 0.25) is 11.8 Å². The summed E-state index contributed by atoms with van der Waals surface area (Å²) < 4.78 is 0. The summed E-state index contributed by atoms with van der Waals surface area (Å²) in [6.45, 7) is 5.70. The second-order valence-corrected chi connectivity index (χ2v) is 9.53. The summed E-state index contributed by atoms with van der Waals surface area (Å²) in [5.74, 6) is 4.69. The van der Waals surface area contributed by atoms with Crippen LogP contribution in [0.3, 0.4) is 0 Å². The molecule has 2 heterocycles. The SMILES string of the molecule is CC(C=N[C@H](C(=O)N1CCC[C@H]1C(=O)N[C@@H](CO)c1ccc(-c2ncccc2Cl)cc1)C(C)C)=NN. The summed E-state index contributed by atoms with van der Waals surface area (Å²) in [4.78, 5) is 36.8. The van der Waals surface area contributed by atoms with Gasteiger partial charge in [0.15, 0.2) is 0 Å². The van der Waals surface area contributed by atoms with Crippen LogP contribution in [0.5, 0.6) is 0 Å². The average molecular weight is 513 g/mol. The molecule has 0 bridgehead atoms. The van der Waals surface area contributed by atoms with E-state index in [1.165, 1.54) is 6.21 Å². The van der Waals surface area contributed by atoms with Crippen molar-refractivity contribution in [3.63, 3.8) is 0 Å². The molecule has 3 atom stereocenters. The fourth-order valence-corrected chi connectivity index (χ4v) is 4.42. The third-order valence-corrected chi connectivity index (χ3v) is 6.50. The van der Waals surface area contributed by atoms with Gasteiger partial charge >= 0.3 is 0 Å². The maximum atomic E-state index is 13.3. The number of nitrogens with one attached hydrogen (secondary N) is 1. The minimum Gasteiger partial charge on any atom is -0.394 e. The van der Waals surface area contributed by atoms with Crippen molar-refractivity contribution in [1.82, 2.24) is 15.2 Å². The highest BCUT2D eigenvalue weighted by Crippen LogP contribution is 2.27. The molecule has 3 rings (SSSR count). The van der Waals surface area contributed by atoms with Crippen LogP contribution in [-0.4, -0.2) is 64.0 Å². The third-order valence-electron chi connectivity index (χ3n) is 6.19. The number of hydrogen-bond donors (Lipinski definition) is 3. The topological polar surface area (TPSA) is 133 Å². The zero-order chi connectivity index (χ0) is 26.2. The number of aliphatic hydroxyl groups is 1. The van der Waals surface area contributed by atoms with Crippen LogP contribution in [0.4, 0.5) is 0 Å². The number of carbonyl (C=O) groups is 2. The fourth-order valence-electron chi connectivity index (χ4n) is 4.19. The lowest BCUT2D eigenvalue weighted by Gasteiger charge is -2.29. The van der Waals surface area contributed by atoms with Gasteiger partial charge in [-0.3, -0.25) is 19.6 Å². The second kappa shape index (κ2) is 12.6. The van der Waals surface area contributed by atoms with Gasteiger partial charge < -0.3 is 21.2 Å². The molecule has 0 unspecified atom stereocenters. The molecular formula is C26H33ClN6O3. The van der Waals surface area contributed by atoms with E-state index >= 15 is 0 Å². The van der Waals surface area contributed by atoms with E-state index < -0.39 is 18.1 Å². The van der Waals surface area contributed by atoms with Crippen LogP contribution in [0, 0.1) is 5.92 Å². The number of nitrogens with two attached hydrogens (primary N) is 1. The first-order chi connectivity index (χ1) is 17.3. The number of carbonyl (C=O) groups excluding carboxylic acids is 2. The Labute approximate surface area is 216 Å². The minimum absolute atomic E-state index is 0.0695. The third kappa shape index (κ3) is 6.47. The Hall–Kier alpha value is -3.30. The first kappa shape index (κ1) is 27.3. The molecule has 192 valence electrons. The molecule has 2 amide bonds. The quantitative estimate of drug-likeness (QED) is 0.270. The number of aliphatic hydroxyl groups excluding tert-OH is 1. The first-order valence-electron chi connectivity index (χ1n) is 12.0. The number of halogens is 1. The number of likely N-dealkylation sites (tertiary alicyclic amines) is 1. The number of amides is 2. The van der Waals surface area contributed by atoms with Gasteiger partial charge in [-0.25, -0.2) is 0 Å². The van der Waals surface area contributed by atoms with Crippen molar-refractivity contribution in [1.29, 1.82) is 0 Å². The fraction of sp³-hybridized carbons (Fsp3) is 0.423. The molecule has 0 spiro atoms. The summed E-state index contributed by atoms with van der Waals surface area (Å²) in [5, 5.41) is 17.0. The predicted molar refractivity (Wildman–Crippen MR) is 142 cm³/mol. The molecule has 1 aliphatic heterocycles. The standard InChI is InChI=1S/C26H33ClN6O3/c1-16(2)23(30-14-17(3)32-28)26(36)33-13-5-7-22(33)25(35)31-21(15-34)18-8-10-19(11-9-18)24-20(27)6-4-12-29-24/h4,6,8-12,14,16,21-23,34H,5,7,13,15,28H2,1-3H3,(H,31,35)/t21-,22-,23-/m0/s1. The Balaban J connectivity index is 1.72. The van der Waals surface area contributed by atoms with Crippen molar-refractivity contribution >= 4 is 35.3 Å². The smallest absolute Gasteiger partial charge is 0.248 e. The molecule has 2 aromatic rings. The van der Waals surface area contributed by atoms with Crippen molar-refractivity contribution in [2.45, 2.75) is 51.7 Å². The molecule has 1 aromatic heterocycles. The minimum atomic E-state index is -0.644.